The Morgan fingerprint density at radius 3 is 2.46 bits per heavy atom. The van der Waals surface area contributed by atoms with E-state index in [1.165, 1.54) is 0 Å². The van der Waals surface area contributed by atoms with Crippen molar-refractivity contribution < 1.29 is 14.3 Å². The summed E-state index contributed by atoms with van der Waals surface area (Å²) in [6.45, 7) is 6.57. The van der Waals surface area contributed by atoms with Crippen LogP contribution in [0.3, 0.4) is 0 Å². The van der Waals surface area contributed by atoms with Crippen LogP contribution in [0.5, 0.6) is 5.75 Å². The molecule has 1 aliphatic heterocycles. The van der Waals surface area contributed by atoms with Gasteiger partial charge in [-0.25, -0.2) is 14.8 Å². The average molecular weight is 397 g/mol. The Labute approximate surface area is 156 Å². The van der Waals surface area contributed by atoms with Crippen LogP contribution >= 0.6 is 34.8 Å². The largest absolute Gasteiger partial charge is 0.487 e. The number of hydrogen-bond acceptors (Lipinski definition) is 5. The van der Waals surface area contributed by atoms with Crippen LogP contribution in [0.4, 0.5) is 4.79 Å². The fraction of sp³-hybridized carbons (Fsp3) is 0.667. The summed E-state index contributed by atoms with van der Waals surface area (Å²) in [5.74, 6) is 0.199. The van der Waals surface area contributed by atoms with Crippen LogP contribution in [-0.4, -0.2) is 45.8 Å². The second-order valence-corrected chi connectivity index (χ2v) is 7.56. The van der Waals surface area contributed by atoms with Crippen LogP contribution in [0.2, 0.25) is 15.6 Å². The van der Waals surface area contributed by atoms with Crippen molar-refractivity contribution in [1.82, 2.24) is 14.9 Å². The molecule has 0 unspecified atom stereocenters. The zero-order chi connectivity index (χ0) is 17.9. The molecule has 2 rings (SSSR count). The number of amides is 1. The number of hydrogen-bond donors (Lipinski definition) is 0. The molecule has 0 bridgehead atoms. The Kier molecular flexibility index (Phi) is 6.39. The lowest BCUT2D eigenvalue weighted by Gasteiger charge is -2.28. The fourth-order valence-electron chi connectivity index (χ4n) is 2.49. The first-order chi connectivity index (χ1) is 11.2. The highest BCUT2D eigenvalue weighted by Crippen LogP contribution is 2.31. The van der Waals surface area contributed by atoms with Crippen LogP contribution in [0.15, 0.2) is 0 Å². The lowest BCUT2D eigenvalue weighted by atomic mass is 10.1. The highest BCUT2D eigenvalue weighted by Gasteiger charge is 2.32. The second kappa shape index (κ2) is 7.93. The van der Waals surface area contributed by atoms with Gasteiger partial charge >= 0.3 is 6.09 Å². The van der Waals surface area contributed by atoms with Crippen LogP contribution in [0.25, 0.3) is 0 Å². The molecule has 0 aliphatic carbocycles. The summed E-state index contributed by atoms with van der Waals surface area (Å²) in [4.78, 5) is 21.6. The molecule has 1 saturated heterocycles. The van der Waals surface area contributed by atoms with Gasteiger partial charge in [0.15, 0.2) is 16.1 Å². The Morgan fingerprint density at radius 2 is 1.88 bits per heavy atom. The highest BCUT2D eigenvalue weighted by molar-refractivity contribution is 6.37. The minimum Gasteiger partial charge on any atom is -0.487 e. The molecule has 0 N–H and O–H groups in total. The Bertz CT molecular complexity index is 584. The highest BCUT2D eigenvalue weighted by atomic mass is 35.5. The number of aromatic nitrogens is 2. The third-order valence-electron chi connectivity index (χ3n) is 3.46. The molecule has 6 nitrogen and oxygen atoms in total. The number of carbonyl (C=O) groups excluding carboxylic acids is 1. The van der Waals surface area contributed by atoms with Crippen molar-refractivity contribution in [2.24, 2.45) is 0 Å². The molecule has 0 aromatic carbocycles. The van der Waals surface area contributed by atoms with Crippen LogP contribution in [0, 0.1) is 0 Å². The summed E-state index contributed by atoms with van der Waals surface area (Å²) in [6.07, 6.45) is 2.18. The van der Waals surface area contributed by atoms with E-state index in [4.69, 9.17) is 44.3 Å². The molecule has 2 heterocycles. The van der Waals surface area contributed by atoms with Gasteiger partial charge in [0.2, 0.25) is 5.28 Å². The quantitative estimate of drug-likeness (QED) is 0.549. The lowest BCUT2D eigenvalue weighted by molar-refractivity contribution is 0.0211. The second-order valence-electron chi connectivity index (χ2n) is 6.51. The molecule has 0 spiro atoms. The fourth-order valence-corrected chi connectivity index (χ4v) is 3.24. The van der Waals surface area contributed by atoms with Gasteiger partial charge in [0.1, 0.15) is 5.60 Å². The first-order valence-electron chi connectivity index (χ1n) is 7.68. The van der Waals surface area contributed by atoms with Crippen molar-refractivity contribution in [2.75, 3.05) is 13.2 Å². The topological polar surface area (TPSA) is 64.5 Å². The predicted molar refractivity (Wildman–Crippen MR) is 93.1 cm³/mol. The maximum atomic E-state index is 12.2. The number of halogens is 3. The van der Waals surface area contributed by atoms with Crippen LogP contribution < -0.4 is 4.74 Å². The van der Waals surface area contributed by atoms with Crippen molar-refractivity contribution in [3.8, 4) is 5.75 Å². The van der Waals surface area contributed by atoms with Gasteiger partial charge in [0.25, 0.3) is 0 Å². The van der Waals surface area contributed by atoms with E-state index in [9.17, 15) is 4.79 Å². The Hall–Kier alpha value is -0.980. The molecule has 1 aliphatic rings. The number of nitrogens with zero attached hydrogens (tertiary/aromatic N) is 3. The maximum absolute atomic E-state index is 12.2. The molecule has 1 fully saturated rings. The normalized spacial score (nSPS) is 17.9. The first-order valence-corrected chi connectivity index (χ1v) is 8.81. The van der Waals surface area contributed by atoms with E-state index in [1.807, 2.05) is 20.8 Å². The van der Waals surface area contributed by atoms with Crippen LogP contribution in [0.1, 0.15) is 40.0 Å². The number of likely N-dealkylation sites (tertiary alicyclic amines) is 1. The van der Waals surface area contributed by atoms with Gasteiger partial charge in [-0.3, -0.25) is 0 Å². The number of rotatable bonds is 4. The molecule has 1 atom stereocenters. The molecule has 0 radical (unpaired) electrons. The van der Waals surface area contributed by atoms with Gasteiger partial charge in [-0.1, -0.05) is 23.2 Å². The van der Waals surface area contributed by atoms with Crippen molar-refractivity contribution in [1.29, 1.82) is 0 Å². The molecule has 1 aromatic rings. The minimum atomic E-state index is -0.511. The number of carbonyl (C=O) groups is 1. The smallest absolute Gasteiger partial charge is 0.410 e. The standard InChI is InChI=1S/C15H20Cl3N3O3/c1-15(2,3)24-14(22)21-7-4-5-9(21)6-8-23-10-11(16)19-13(18)20-12(10)17/h9H,4-8H2,1-3H3/t9-/m0/s1. The molecular weight excluding hydrogens is 377 g/mol. The van der Waals surface area contributed by atoms with Crippen molar-refractivity contribution in [3.05, 3.63) is 15.6 Å². The average Bonchev–Trinajstić information content (AvgIpc) is 2.88. The summed E-state index contributed by atoms with van der Waals surface area (Å²) in [7, 11) is 0. The van der Waals surface area contributed by atoms with Crippen molar-refractivity contribution >= 4 is 40.9 Å². The monoisotopic (exact) mass is 395 g/mol. The Balaban J connectivity index is 1.91. The first kappa shape index (κ1) is 19.3. The summed E-state index contributed by atoms with van der Waals surface area (Å²) < 4.78 is 11.0. The molecule has 1 amide bonds. The summed E-state index contributed by atoms with van der Waals surface area (Å²) >= 11 is 17.6. The van der Waals surface area contributed by atoms with Crippen molar-refractivity contribution in [2.45, 2.75) is 51.7 Å². The summed E-state index contributed by atoms with van der Waals surface area (Å²) in [5.41, 5.74) is -0.511. The third-order valence-corrected chi connectivity index (χ3v) is 4.14. The number of ether oxygens (including phenoxy) is 2. The minimum absolute atomic E-state index is 0.0377. The molecule has 1 aromatic heterocycles. The zero-order valence-corrected chi connectivity index (χ0v) is 16.1. The van der Waals surface area contributed by atoms with Gasteiger partial charge < -0.3 is 14.4 Å². The van der Waals surface area contributed by atoms with Crippen LogP contribution in [-0.2, 0) is 4.74 Å². The molecule has 9 heteroatoms. The van der Waals surface area contributed by atoms with E-state index in [-0.39, 0.29) is 33.5 Å². The van der Waals surface area contributed by atoms with E-state index in [2.05, 4.69) is 9.97 Å². The van der Waals surface area contributed by atoms with Crippen molar-refractivity contribution in [3.63, 3.8) is 0 Å². The van der Waals surface area contributed by atoms with E-state index in [0.29, 0.717) is 19.6 Å². The van der Waals surface area contributed by atoms with Gasteiger partial charge in [0.05, 0.1) is 6.61 Å². The van der Waals surface area contributed by atoms with Gasteiger partial charge in [0, 0.05) is 19.0 Å². The predicted octanol–water partition coefficient (Wildman–Crippen LogP) is 4.61. The molecular formula is C15H20Cl3N3O3. The van der Waals surface area contributed by atoms with Gasteiger partial charge in [-0.2, -0.15) is 0 Å². The summed E-state index contributed by atoms with van der Waals surface area (Å²) in [6, 6.07) is 0.0608. The van der Waals surface area contributed by atoms with Gasteiger partial charge in [-0.15, -0.1) is 0 Å². The SMILES string of the molecule is CC(C)(C)OC(=O)N1CCC[C@H]1CCOc1c(Cl)nc(Cl)nc1Cl. The van der Waals surface area contributed by atoms with E-state index < -0.39 is 5.60 Å². The van der Waals surface area contributed by atoms with E-state index >= 15 is 0 Å². The Morgan fingerprint density at radius 1 is 1.25 bits per heavy atom. The van der Waals surface area contributed by atoms with E-state index in [0.717, 1.165) is 12.8 Å². The third kappa shape index (κ3) is 5.26. The molecule has 134 valence electrons. The molecule has 0 saturated carbocycles. The molecule has 24 heavy (non-hydrogen) atoms. The van der Waals surface area contributed by atoms with E-state index in [1.54, 1.807) is 4.90 Å². The van der Waals surface area contributed by atoms with Gasteiger partial charge in [-0.05, 0) is 45.2 Å². The maximum Gasteiger partial charge on any atom is 0.410 e. The summed E-state index contributed by atoms with van der Waals surface area (Å²) in [5, 5.41) is 0.0927. The zero-order valence-electron chi connectivity index (χ0n) is 13.8. The lowest BCUT2D eigenvalue weighted by Crippen LogP contribution is -2.40.